The number of nitrogens with one attached hydrogen (secondary N) is 1. The molecule has 0 unspecified atom stereocenters. The number of carbonyl (C=O) groups excluding carboxylic acids is 1. The summed E-state index contributed by atoms with van der Waals surface area (Å²) >= 11 is 0. The van der Waals surface area contributed by atoms with Gasteiger partial charge in [0.2, 0.25) is 5.91 Å². The van der Waals surface area contributed by atoms with Crippen molar-refractivity contribution in [3.05, 3.63) is 11.3 Å². The molecule has 88 valence electrons. The fourth-order valence-electron chi connectivity index (χ4n) is 2.13. The fourth-order valence-corrected chi connectivity index (χ4v) is 2.13. The molecule has 0 bridgehead atoms. The van der Waals surface area contributed by atoms with Gasteiger partial charge in [0.25, 0.3) is 0 Å². The Morgan fingerprint density at radius 2 is 2.38 bits per heavy atom. The third-order valence-electron chi connectivity index (χ3n) is 2.93. The lowest BCUT2D eigenvalue weighted by molar-refractivity contribution is -0.116. The van der Waals surface area contributed by atoms with Gasteiger partial charge in [-0.1, -0.05) is 0 Å². The molecule has 5 heteroatoms. The highest BCUT2D eigenvalue weighted by molar-refractivity contribution is 5.90. The number of hydrogen-bond acceptors (Lipinski definition) is 3. The van der Waals surface area contributed by atoms with Crippen molar-refractivity contribution >= 4 is 11.7 Å². The van der Waals surface area contributed by atoms with Crippen LogP contribution in [0, 0.1) is 0 Å². The highest BCUT2D eigenvalue weighted by Gasteiger charge is 2.21. The second-order valence-electron chi connectivity index (χ2n) is 4.19. The van der Waals surface area contributed by atoms with Gasteiger partial charge < -0.3 is 11.1 Å². The Bertz CT molecular complexity index is 397. The zero-order valence-electron chi connectivity index (χ0n) is 9.62. The van der Waals surface area contributed by atoms with Gasteiger partial charge in [0, 0.05) is 19.0 Å². The van der Waals surface area contributed by atoms with Crippen molar-refractivity contribution in [1.29, 1.82) is 0 Å². The number of nitrogens with two attached hydrogens (primary N) is 1. The SMILES string of the molecule is Cn1nc2c(c1NC(=O)CCCN)CCC2. The van der Waals surface area contributed by atoms with Crippen molar-refractivity contribution in [2.75, 3.05) is 11.9 Å². The number of aromatic nitrogens is 2. The number of amides is 1. The van der Waals surface area contributed by atoms with E-state index in [4.69, 9.17) is 5.73 Å². The van der Waals surface area contributed by atoms with Crippen LogP contribution in [0.2, 0.25) is 0 Å². The van der Waals surface area contributed by atoms with Crippen LogP contribution in [0.15, 0.2) is 0 Å². The summed E-state index contributed by atoms with van der Waals surface area (Å²) in [4.78, 5) is 11.6. The van der Waals surface area contributed by atoms with E-state index in [1.807, 2.05) is 7.05 Å². The summed E-state index contributed by atoms with van der Waals surface area (Å²) in [5.41, 5.74) is 7.72. The van der Waals surface area contributed by atoms with E-state index in [1.54, 1.807) is 4.68 Å². The Labute approximate surface area is 95.0 Å². The fraction of sp³-hybridized carbons (Fsp3) is 0.636. The van der Waals surface area contributed by atoms with Crippen LogP contribution in [0.3, 0.4) is 0 Å². The minimum absolute atomic E-state index is 0.0307. The van der Waals surface area contributed by atoms with Gasteiger partial charge in [-0.05, 0) is 32.2 Å². The second kappa shape index (κ2) is 4.65. The van der Waals surface area contributed by atoms with Crippen molar-refractivity contribution in [3.8, 4) is 0 Å². The molecule has 1 heterocycles. The Balaban J connectivity index is 2.06. The van der Waals surface area contributed by atoms with Crippen LogP contribution in [0.4, 0.5) is 5.82 Å². The summed E-state index contributed by atoms with van der Waals surface area (Å²) in [6, 6.07) is 0. The molecule has 0 radical (unpaired) electrons. The molecule has 0 saturated carbocycles. The van der Waals surface area contributed by atoms with Gasteiger partial charge >= 0.3 is 0 Å². The lowest BCUT2D eigenvalue weighted by Crippen LogP contribution is -2.16. The summed E-state index contributed by atoms with van der Waals surface area (Å²) in [7, 11) is 1.87. The van der Waals surface area contributed by atoms with E-state index in [0.717, 1.165) is 37.2 Å². The predicted octanol–water partition coefficient (Wildman–Crippen LogP) is 0.586. The number of carbonyl (C=O) groups is 1. The summed E-state index contributed by atoms with van der Waals surface area (Å²) in [5, 5.41) is 7.33. The summed E-state index contributed by atoms with van der Waals surface area (Å²) in [6.07, 6.45) is 4.41. The molecule has 1 aromatic heterocycles. The van der Waals surface area contributed by atoms with Gasteiger partial charge in [-0.3, -0.25) is 9.48 Å². The predicted molar refractivity (Wildman–Crippen MR) is 62.2 cm³/mol. The first-order valence-corrected chi connectivity index (χ1v) is 5.77. The van der Waals surface area contributed by atoms with Crippen LogP contribution < -0.4 is 11.1 Å². The molecule has 3 N–H and O–H groups in total. The van der Waals surface area contributed by atoms with Crippen LogP contribution in [0.1, 0.15) is 30.5 Å². The maximum Gasteiger partial charge on any atom is 0.225 e. The van der Waals surface area contributed by atoms with Crippen LogP contribution >= 0.6 is 0 Å². The van der Waals surface area contributed by atoms with Crippen molar-refractivity contribution < 1.29 is 4.79 Å². The lowest BCUT2D eigenvalue weighted by atomic mass is 10.2. The molecule has 5 nitrogen and oxygen atoms in total. The van der Waals surface area contributed by atoms with Gasteiger partial charge in [0.1, 0.15) is 5.82 Å². The summed E-state index contributed by atoms with van der Waals surface area (Å²) in [6.45, 7) is 0.552. The topological polar surface area (TPSA) is 72.9 Å². The van der Waals surface area contributed by atoms with Gasteiger partial charge in [-0.25, -0.2) is 0 Å². The van der Waals surface area contributed by atoms with Crippen LogP contribution in [0.25, 0.3) is 0 Å². The third kappa shape index (κ3) is 2.09. The maximum atomic E-state index is 11.6. The summed E-state index contributed by atoms with van der Waals surface area (Å²) < 4.78 is 1.77. The first-order valence-electron chi connectivity index (χ1n) is 5.77. The van der Waals surface area contributed by atoms with Crippen molar-refractivity contribution in [1.82, 2.24) is 9.78 Å². The first-order chi connectivity index (χ1) is 7.72. The molecule has 16 heavy (non-hydrogen) atoms. The van der Waals surface area contributed by atoms with Gasteiger partial charge in [-0.15, -0.1) is 0 Å². The Morgan fingerprint density at radius 3 is 3.12 bits per heavy atom. The van der Waals surface area contributed by atoms with Crippen molar-refractivity contribution in [3.63, 3.8) is 0 Å². The number of anilines is 1. The Morgan fingerprint density at radius 1 is 1.56 bits per heavy atom. The highest BCUT2D eigenvalue weighted by Crippen LogP contribution is 2.27. The third-order valence-corrected chi connectivity index (χ3v) is 2.93. The van der Waals surface area contributed by atoms with E-state index >= 15 is 0 Å². The number of nitrogens with zero attached hydrogens (tertiary/aromatic N) is 2. The Kier molecular flexibility index (Phi) is 3.24. The monoisotopic (exact) mass is 222 g/mol. The molecule has 1 aliphatic rings. The molecule has 2 rings (SSSR count). The van der Waals surface area contributed by atoms with Crippen LogP contribution in [0.5, 0.6) is 0 Å². The molecule has 0 spiro atoms. The number of hydrogen-bond donors (Lipinski definition) is 2. The lowest BCUT2D eigenvalue weighted by Gasteiger charge is -2.06. The minimum Gasteiger partial charge on any atom is -0.330 e. The standard InChI is InChI=1S/C11H18N4O/c1-15-11(13-10(16)6-3-7-12)8-4-2-5-9(8)14-15/h2-7,12H2,1H3,(H,13,16). The molecule has 0 fully saturated rings. The molecule has 1 amide bonds. The molecule has 0 saturated heterocycles. The number of aryl methyl sites for hydroxylation is 2. The average Bonchev–Trinajstić information content (AvgIpc) is 2.79. The summed E-state index contributed by atoms with van der Waals surface area (Å²) in [5.74, 6) is 0.901. The van der Waals surface area contributed by atoms with E-state index in [-0.39, 0.29) is 5.91 Å². The van der Waals surface area contributed by atoms with E-state index in [0.29, 0.717) is 13.0 Å². The second-order valence-corrected chi connectivity index (χ2v) is 4.19. The average molecular weight is 222 g/mol. The molecule has 0 atom stereocenters. The number of rotatable bonds is 4. The van der Waals surface area contributed by atoms with E-state index < -0.39 is 0 Å². The normalized spacial score (nSPS) is 13.9. The van der Waals surface area contributed by atoms with Crippen LogP contribution in [-0.2, 0) is 24.7 Å². The Hall–Kier alpha value is -1.36. The molecule has 1 aliphatic carbocycles. The number of fused-ring (bicyclic) bond motifs is 1. The quantitative estimate of drug-likeness (QED) is 0.783. The highest BCUT2D eigenvalue weighted by atomic mass is 16.1. The molecule has 0 aliphatic heterocycles. The molecule has 0 aromatic carbocycles. The molecule has 1 aromatic rings. The van der Waals surface area contributed by atoms with Crippen LogP contribution in [-0.4, -0.2) is 22.2 Å². The van der Waals surface area contributed by atoms with Crippen molar-refractivity contribution in [2.24, 2.45) is 12.8 Å². The van der Waals surface area contributed by atoms with E-state index in [1.165, 1.54) is 5.56 Å². The smallest absolute Gasteiger partial charge is 0.225 e. The van der Waals surface area contributed by atoms with Gasteiger partial charge in [-0.2, -0.15) is 5.10 Å². The largest absolute Gasteiger partial charge is 0.330 e. The molecular formula is C11H18N4O. The van der Waals surface area contributed by atoms with Crippen molar-refractivity contribution in [2.45, 2.75) is 32.1 Å². The van der Waals surface area contributed by atoms with Gasteiger partial charge in [0.05, 0.1) is 5.69 Å². The van der Waals surface area contributed by atoms with E-state index in [2.05, 4.69) is 10.4 Å². The molecular weight excluding hydrogens is 204 g/mol. The zero-order valence-corrected chi connectivity index (χ0v) is 9.62. The van der Waals surface area contributed by atoms with Gasteiger partial charge in [0.15, 0.2) is 0 Å². The van der Waals surface area contributed by atoms with E-state index in [9.17, 15) is 4.79 Å². The zero-order chi connectivity index (χ0) is 11.5. The first kappa shape index (κ1) is 11.1. The maximum absolute atomic E-state index is 11.6. The minimum atomic E-state index is 0.0307.